The molecule has 0 heterocycles. The summed E-state index contributed by atoms with van der Waals surface area (Å²) in [6.45, 7) is 1.97. The van der Waals surface area contributed by atoms with E-state index < -0.39 is 6.10 Å². The maximum Gasteiger partial charge on any atom is 0.161 e. The summed E-state index contributed by atoms with van der Waals surface area (Å²) in [6.07, 6.45) is -0.753. The lowest BCUT2D eigenvalue weighted by molar-refractivity contribution is 0.218. The molecule has 3 nitrogen and oxygen atoms in total. The second-order valence-electron chi connectivity index (χ2n) is 4.63. The van der Waals surface area contributed by atoms with Gasteiger partial charge < -0.3 is 14.6 Å². The van der Waals surface area contributed by atoms with Gasteiger partial charge in [-0.05, 0) is 42.3 Å². The topological polar surface area (TPSA) is 38.7 Å². The molecule has 0 aliphatic rings. The Morgan fingerprint density at radius 3 is 2.19 bits per heavy atom. The van der Waals surface area contributed by atoms with Crippen LogP contribution in [0.25, 0.3) is 0 Å². The van der Waals surface area contributed by atoms with Gasteiger partial charge in [-0.3, -0.25) is 0 Å². The van der Waals surface area contributed by atoms with Crippen LogP contribution in [-0.2, 0) is 0 Å². The summed E-state index contributed by atoms with van der Waals surface area (Å²) >= 11 is 6.92. The third-order valence-corrected chi connectivity index (χ3v) is 4.51. The Kier molecular flexibility index (Phi) is 5.30. The van der Waals surface area contributed by atoms with Crippen LogP contribution in [0.2, 0.25) is 0 Å². The van der Waals surface area contributed by atoms with Crippen molar-refractivity contribution in [2.75, 3.05) is 14.2 Å². The van der Waals surface area contributed by atoms with Gasteiger partial charge in [0.05, 0.1) is 14.2 Å². The van der Waals surface area contributed by atoms with Crippen molar-refractivity contribution in [3.63, 3.8) is 0 Å². The maximum atomic E-state index is 10.7. The molecule has 21 heavy (non-hydrogen) atoms. The van der Waals surface area contributed by atoms with E-state index in [1.54, 1.807) is 26.4 Å². The fourth-order valence-electron chi connectivity index (χ4n) is 2.15. The van der Waals surface area contributed by atoms with Crippen molar-refractivity contribution in [1.82, 2.24) is 0 Å². The van der Waals surface area contributed by atoms with E-state index in [0.29, 0.717) is 11.5 Å². The molecule has 1 N–H and O–H groups in total. The molecule has 2 aromatic carbocycles. The number of ether oxygens (including phenoxy) is 2. The standard InChI is InChI=1S/C16H16Br2O3/c1-9-4-5-10(17)6-11(9)16(19)12-7-14(20-2)15(21-3)8-13(12)18/h4-8,16,19H,1-3H3. The molecule has 0 spiro atoms. The molecule has 0 radical (unpaired) electrons. The molecule has 0 aliphatic carbocycles. The quantitative estimate of drug-likeness (QED) is 0.791. The molecule has 0 amide bonds. The fourth-order valence-corrected chi connectivity index (χ4v) is 3.07. The van der Waals surface area contributed by atoms with E-state index in [0.717, 1.165) is 25.6 Å². The number of rotatable bonds is 4. The minimum atomic E-state index is -0.753. The molecule has 0 aliphatic heterocycles. The average Bonchev–Trinajstić information content (AvgIpc) is 2.48. The van der Waals surface area contributed by atoms with E-state index in [2.05, 4.69) is 31.9 Å². The Bertz CT molecular complexity index is 656. The monoisotopic (exact) mass is 414 g/mol. The number of methoxy groups -OCH3 is 2. The molecule has 1 unspecified atom stereocenters. The first-order chi connectivity index (χ1) is 9.97. The van der Waals surface area contributed by atoms with Crippen LogP contribution >= 0.6 is 31.9 Å². The third kappa shape index (κ3) is 3.42. The first kappa shape index (κ1) is 16.3. The highest BCUT2D eigenvalue weighted by atomic mass is 79.9. The zero-order valence-corrected chi connectivity index (χ0v) is 15.2. The lowest BCUT2D eigenvalue weighted by Crippen LogP contribution is -2.04. The van der Waals surface area contributed by atoms with Gasteiger partial charge in [0.25, 0.3) is 0 Å². The minimum Gasteiger partial charge on any atom is -0.493 e. The summed E-state index contributed by atoms with van der Waals surface area (Å²) < 4.78 is 12.3. The first-order valence-electron chi connectivity index (χ1n) is 6.33. The molecule has 0 saturated heterocycles. The summed E-state index contributed by atoms with van der Waals surface area (Å²) in [4.78, 5) is 0. The predicted molar refractivity (Wildman–Crippen MR) is 90.2 cm³/mol. The smallest absolute Gasteiger partial charge is 0.161 e. The number of hydrogen-bond donors (Lipinski definition) is 1. The Morgan fingerprint density at radius 1 is 0.952 bits per heavy atom. The highest BCUT2D eigenvalue weighted by Gasteiger charge is 2.19. The number of halogens is 2. The zero-order valence-electron chi connectivity index (χ0n) is 12.0. The fraction of sp³-hybridized carbons (Fsp3) is 0.250. The van der Waals surface area contributed by atoms with Gasteiger partial charge in [0, 0.05) is 14.5 Å². The highest BCUT2D eigenvalue weighted by molar-refractivity contribution is 9.10. The molecule has 2 rings (SSSR count). The lowest BCUT2D eigenvalue weighted by atomic mass is 9.97. The van der Waals surface area contributed by atoms with Crippen LogP contribution < -0.4 is 9.47 Å². The highest BCUT2D eigenvalue weighted by Crippen LogP contribution is 2.38. The molecule has 112 valence electrons. The SMILES string of the molecule is COc1cc(Br)c(C(O)c2cc(Br)ccc2C)cc1OC. The summed E-state index contributed by atoms with van der Waals surface area (Å²) in [6, 6.07) is 9.42. The van der Waals surface area contributed by atoms with Gasteiger partial charge in [0.1, 0.15) is 6.10 Å². The molecule has 0 bridgehead atoms. The van der Waals surface area contributed by atoms with Crippen molar-refractivity contribution < 1.29 is 14.6 Å². The van der Waals surface area contributed by atoms with Gasteiger partial charge in [-0.2, -0.15) is 0 Å². The van der Waals surface area contributed by atoms with Crippen LogP contribution in [0.3, 0.4) is 0 Å². The van der Waals surface area contributed by atoms with Crippen molar-refractivity contribution in [3.8, 4) is 11.5 Å². The van der Waals surface area contributed by atoms with Gasteiger partial charge >= 0.3 is 0 Å². The van der Waals surface area contributed by atoms with Crippen LogP contribution in [0.5, 0.6) is 11.5 Å². The molecular formula is C16H16Br2O3. The van der Waals surface area contributed by atoms with Crippen LogP contribution in [-0.4, -0.2) is 19.3 Å². The maximum absolute atomic E-state index is 10.7. The number of hydrogen-bond acceptors (Lipinski definition) is 3. The number of aryl methyl sites for hydroxylation is 1. The molecule has 5 heteroatoms. The van der Waals surface area contributed by atoms with Crippen molar-refractivity contribution in [2.45, 2.75) is 13.0 Å². The van der Waals surface area contributed by atoms with E-state index in [1.807, 2.05) is 25.1 Å². The predicted octanol–water partition coefficient (Wildman–Crippen LogP) is 4.62. The summed E-state index contributed by atoms with van der Waals surface area (Å²) in [5, 5.41) is 10.7. The van der Waals surface area contributed by atoms with Gasteiger partial charge in [-0.1, -0.05) is 37.9 Å². The largest absolute Gasteiger partial charge is 0.493 e. The van der Waals surface area contributed by atoms with E-state index in [1.165, 1.54) is 0 Å². The molecule has 2 aromatic rings. The average molecular weight is 416 g/mol. The molecule has 0 saturated carbocycles. The van der Waals surface area contributed by atoms with Crippen LogP contribution in [0.4, 0.5) is 0 Å². The van der Waals surface area contributed by atoms with Crippen LogP contribution in [0.1, 0.15) is 22.8 Å². The third-order valence-electron chi connectivity index (χ3n) is 3.33. The van der Waals surface area contributed by atoms with E-state index in [-0.39, 0.29) is 0 Å². The molecule has 0 aromatic heterocycles. The van der Waals surface area contributed by atoms with Crippen molar-refractivity contribution in [3.05, 3.63) is 56.0 Å². The minimum absolute atomic E-state index is 0.586. The molecule has 1 atom stereocenters. The zero-order chi connectivity index (χ0) is 15.6. The Labute approximate surface area is 141 Å². The molecular weight excluding hydrogens is 400 g/mol. The van der Waals surface area contributed by atoms with Crippen LogP contribution in [0, 0.1) is 6.92 Å². The Balaban J connectivity index is 2.52. The lowest BCUT2D eigenvalue weighted by Gasteiger charge is -2.18. The van der Waals surface area contributed by atoms with E-state index in [9.17, 15) is 5.11 Å². The van der Waals surface area contributed by atoms with Gasteiger partial charge in [0.2, 0.25) is 0 Å². The summed E-state index contributed by atoms with van der Waals surface area (Å²) in [5.74, 6) is 1.20. The summed E-state index contributed by atoms with van der Waals surface area (Å²) in [5.41, 5.74) is 2.60. The van der Waals surface area contributed by atoms with E-state index >= 15 is 0 Å². The van der Waals surface area contributed by atoms with Crippen LogP contribution in [0.15, 0.2) is 39.3 Å². The number of aliphatic hydroxyl groups is 1. The number of benzene rings is 2. The number of aliphatic hydroxyl groups excluding tert-OH is 1. The van der Waals surface area contributed by atoms with Gasteiger partial charge in [0.15, 0.2) is 11.5 Å². The van der Waals surface area contributed by atoms with Gasteiger partial charge in [-0.15, -0.1) is 0 Å². The normalized spacial score (nSPS) is 12.1. The van der Waals surface area contributed by atoms with Crippen molar-refractivity contribution >= 4 is 31.9 Å². The van der Waals surface area contributed by atoms with Crippen molar-refractivity contribution in [1.29, 1.82) is 0 Å². The van der Waals surface area contributed by atoms with Crippen molar-refractivity contribution in [2.24, 2.45) is 0 Å². The van der Waals surface area contributed by atoms with Gasteiger partial charge in [-0.25, -0.2) is 0 Å². The Morgan fingerprint density at radius 2 is 1.57 bits per heavy atom. The van der Waals surface area contributed by atoms with E-state index in [4.69, 9.17) is 9.47 Å². The molecule has 0 fully saturated rings. The Hall–Kier alpha value is -1.04. The first-order valence-corrected chi connectivity index (χ1v) is 7.92. The summed E-state index contributed by atoms with van der Waals surface area (Å²) in [7, 11) is 3.16. The second-order valence-corrected chi connectivity index (χ2v) is 6.40. The second kappa shape index (κ2) is 6.81.